The number of halogens is 1. The molecule has 1 aromatic carbocycles. The van der Waals surface area contributed by atoms with E-state index in [9.17, 15) is 4.79 Å². The van der Waals surface area contributed by atoms with Crippen molar-refractivity contribution in [2.24, 2.45) is 16.1 Å². The predicted molar refractivity (Wildman–Crippen MR) is 108 cm³/mol. The number of benzene rings is 1. The van der Waals surface area contributed by atoms with E-state index in [1.807, 2.05) is 18.2 Å². The van der Waals surface area contributed by atoms with E-state index < -0.39 is 5.91 Å². The first kappa shape index (κ1) is 19.0. The molecule has 3 N–H and O–H groups in total. The molecule has 3 rings (SSSR count). The van der Waals surface area contributed by atoms with Crippen LogP contribution in [0.1, 0.15) is 48.5 Å². The van der Waals surface area contributed by atoms with Crippen LogP contribution >= 0.6 is 24.0 Å². The van der Waals surface area contributed by atoms with Gasteiger partial charge in [-0.25, -0.2) is 4.99 Å². The van der Waals surface area contributed by atoms with Gasteiger partial charge in [0.2, 0.25) is 5.91 Å². The average Bonchev–Trinajstić information content (AvgIpc) is 2.97. The Hall–Kier alpha value is -1.31. The van der Waals surface area contributed by atoms with E-state index >= 15 is 0 Å². The fraction of sp³-hybridized carbons (Fsp3) is 0.556. The molecule has 0 atom stereocenters. The lowest BCUT2D eigenvalue weighted by Crippen LogP contribution is -2.42. The molecule has 1 aliphatic heterocycles. The molecule has 5 nitrogen and oxygen atoms in total. The highest BCUT2D eigenvalue weighted by atomic mass is 127. The zero-order chi connectivity index (χ0) is 16.3. The van der Waals surface area contributed by atoms with Crippen molar-refractivity contribution < 1.29 is 4.79 Å². The summed E-state index contributed by atoms with van der Waals surface area (Å²) >= 11 is 0. The molecule has 0 radical (unpaired) electrons. The predicted octanol–water partition coefficient (Wildman–Crippen LogP) is 2.75. The third-order valence-electron chi connectivity index (χ3n) is 5.11. The highest BCUT2D eigenvalue weighted by Crippen LogP contribution is 2.47. The number of amides is 1. The van der Waals surface area contributed by atoms with Crippen molar-refractivity contribution in [3.05, 3.63) is 35.4 Å². The molecular weight excluding hydrogens is 415 g/mol. The van der Waals surface area contributed by atoms with E-state index in [-0.39, 0.29) is 24.0 Å². The number of rotatable bonds is 4. The van der Waals surface area contributed by atoms with Crippen molar-refractivity contribution in [3.63, 3.8) is 0 Å². The average molecular weight is 442 g/mol. The summed E-state index contributed by atoms with van der Waals surface area (Å²) < 4.78 is 0. The molecule has 1 aliphatic carbocycles. The minimum Gasteiger partial charge on any atom is -0.366 e. The summed E-state index contributed by atoms with van der Waals surface area (Å²) in [6.45, 7) is 5.74. The highest BCUT2D eigenvalue weighted by Gasteiger charge is 2.43. The molecular formula is C18H27IN4O. The third-order valence-corrected chi connectivity index (χ3v) is 5.11. The van der Waals surface area contributed by atoms with Gasteiger partial charge in [-0.1, -0.05) is 18.6 Å². The number of nitrogens with zero attached hydrogens (tertiary/aromatic N) is 2. The maximum Gasteiger partial charge on any atom is 0.248 e. The first-order chi connectivity index (χ1) is 11.1. The molecule has 1 amide bonds. The van der Waals surface area contributed by atoms with Gasteiger partial charge < -0.3 is 16.0 Å². The lowest BCUT2D eigenvalue weighted by molar-refractivity contribution is 0.1000. The van der Waals surface area contributed by atoms with Crippen LogP contribution in [-0.2, 0) is 6.54 Å². The van der Waals surface area contributed by atoms with Crippen molar-refractivity contribution in [3.8, 4) is 0 Å². The number of nitrogens with one attached hydrogen (secondary N) is 1. The highest BCUT2D eigenvalue weighted by molar-refractivity contribution is 14.0. The third kappa shape index (κ3) is 4.20. The monoisotopic (exact) mass is 442 g/mol. The van der Waals surface area contributed by atoms with Gasteiger partial charge in [-0.2, -0.15) is 0 Å². The summed E-state index contributed by atoms with van der Waals surface area (Å²) in [5.74, 6) is 0.593. The number of carbonyl (C=O) groups excluding carboxylic acids is 1. The topological polar surface area (TPSA) is 70.7 Å². The Morgan fingerprint density at radius 3 is 2.75 bits per heavy atom. The van der Waals surface area contributed by atoms with Gasteiger partial charge in [0.25, 0.3) is 0 Å². The van der Waals surface area contributed by atoms with Crippen molar-refractivity contribution in [1.29, 1.82) is 0 Å². The van der Waals surface area contributed by atoms with Gasteiger partial charge >= 0.3 is 0 Å². The second-order valence-electron chi connectivity index (χ2n) is 6.76. The number of carbonyl (C=O) groups is 1. The molecule has 1 spiro atoms. The molecule has 132 valence electrons. The van der Waals surface area contributed by atoms with Gasteiger partial charge in [0.05, 0.1) is 6.54 Å². The van der Waals surface area contributed by atoms with Crippen LogP contribution < -0.4 is 11.1 Å². The Morgan fingerprint density at radius 2 is 2.17 bits per heavy atom. The van der Waals surface area contributed by atoms with Crippen molar-refractivity contribution in [2.45, 2.75) is 39.2 Å². The van der Waals surface area contributed by atoms with Gasteiger partial charge in [0.1, 0.15) is 0 Å². The van der Waals surface area contributed by atoms with Crippen LogP contribution in [0.5, 0.6) is 0 Å². The number of likely N-dealkylation sites (tertiary alicyclic amines) is 1. The fourth-order valence-electron chi connectivity index (χ4n) is 3.62. The summed E-state index contributed by atoms with van der Waals surface area (Å²) in [6, 6.07) is 7.41. The molecule has 1 saturated carbocycles. The van der Waals surface area contributed by atoms with Crippen molar-refractivity contribution >= 4 is 35.8 Å². The number of primary amides is 1. The minimum atomic E-state index is -0.394. The summed E-state index contributed by atoms with van der Waals surface area (Å²) in [5, 5.41) is 3.40. The molecule has 0 unspecified atom stereocenters. The maximum atomic E-state index is 11.3. The van der Waals surface area contributed by atoms with Crippen LogP contribution in [0.15, 0.2) is 29.3 Å². The summed E-state index contributed by atoms with van der Waals surface area (Å²) in [5.41, 5.74) is 7.45. The molecule has 1 saturated heterocycles. The van der Waals surface area contributed by atoms with E-state index in [0.717, 1.165) is 31.2 Å². The van der Waals surface area contributed by atoms with Gasteiger partial charge in [-0.15, -0.1) is 24.0 Å². The number of aliphatic imine (C=N–C) groups is 1. The second-order valence-corrected chi connectivity index (χ2v) is 6.76. The molecule has 24 heavy (non-hydrogen) atoms. The number of nitrogens with two attached hydrogens (primary N) is 1. The maximum absolute atomic E-state index is 11.3. The SMILES string of the molecule is CCNC(=NCc1cccc(C(N)=O)c1)N1CCC2(CCC2)C1.I. The Labute approximate surface area is 161 Å². The van der Waals surface area contributed by atoms with Gasteiger partial charge in [-0.3, -0.25) is 4.79 Å². The van der Waals surface area contributed by atoms with Crippen LogP contribution in [-0.4, -0.2) is 36.4 Å². The van der Waals surface area contributed by atoms with Crippen LogP contribution in [0.3, 0.4) is 0 Å². The summed E-state index contributed by atoms with van der Waals surface area (Å²) in [4.78, 5) is 18.4. The Morgan fingerprint density at radius 1 is 1.38 bits per heavy atom. The van der Waals surface area contributed by atoms with Crippen LogP contribution in [0, 0.1) is 5.41 Å². The van der Waals surface area contributed by atoms with Crippen LogP contribution in [0.4, 0.5) is 0 Å². The summed E-state index contributed by atoms with van der Waals surface area (Å²) in [7, 11) is 0. The lowest BCUT2D eigenvalue weighted by Gasteiger charge is -2.38. The lowest BCUT2D eigenvalue weighted by atomic mass is 9.68. The zero-order valence-corrected chi connectivity index (χ0v) is 16.6. The number of hydrogen-bond acceptors (Lipinski definition) is 2. The fourth-order valence-corrected chi connectivity index (χ4v) is 3.62. The molecule has 0 bridgehead atoms. The zero-order valence-electron chi connectivity index (χ0n) is 14.3. The van der Waals surface area contributed by atoms with E-state index in [4.69, 9.17) is 10.7 Å². The Kier molecular flexibility index (Phi) is 6.48. The van der Waals surface area contributed by atoms with Crippen LogP contribution in [0.2, 0.25) is 0 Å². The van der Waals surface area contributed by atoms with Crippen molar-refractivity contribution in [2.75, 3.05) is 19.6 Å². The molecule has 0 aromatic heterocycles. The smallest absolute Gasteiger partial charge is 0.248 e. The first-order valence-corrected chi connectivity index (χ1v) is 8.54. The van der Waals surface area contributed by atoms with Gasteiger partial charge in [-0.05, 0) is 49.3 Å². The number of hydrogen-bond donors (Lipinski definition) is 2. The van der Waals surface area contributed by atoms with Crippen molar-refractivity contribution in [1.82, 2.24) is 10.2 Å². The Bertz CT molecular complexity index is 613. The Balaban J connectivity index is 0.00000208. The molecule has 2 fully saturated rings. The number of guanidine groups is 1. The first-order valence-electron chi connectivity index (χ1n) is 8.54. The molecule has 1 heterocycles. The van der Waals surface area contributed by atoms with E-state index in [1.165, 1.54) is 25.7 Å². The minimum absolute atomic E-state index is 0. The largest absolute Gasteiger partial charge is 0.366 e. The molecule has 1 aromatic rings. The van der Waals surface area contributed by atoms with Gasteiger partial charge in [0, 0.05) is 25.2 Å². The van der Waals surface area contributed by atoms with Gasteiger partial charge in [0.15, 0.2) is 5.96 Å². The molecule has 6 heteroatoms. The van der Waals surface area contributed by atoms with E-state index in [1.54, 1.807) is 6.07 Å². The van der Waals surface area contributed by atoms with E-state index in [2.05, 4.69) is 17.1 Å². The second kappa shape index (κ2) is 8.18. The normalized spacial score (nSPS) is 18.9. The standard InChI is InChI=1S/C18H26N4O.HI/c1-2-20-17(22-10-9-18(13-22)7-4-8-18)21-12-14-5-3-6-15(11-14)16(19)23;/h3,5-6,11H,2,4,7-10,12-13H2,1H3,(H2,19,23)(H,20,21);1H. The quantitative estimate of drug-likeness (QED) is 0.428. The van der Waals surface area contributed by atoms with E-state index in [0.29, 0.717) is 17.5 Å². The van der Waals surface area contributed by atoms with Crippen LogP contribution in [0.25, 0.3) is 0 Å². The summed E-state index contributed by atoms with van der Waals surface area (Å²) in [6.07, 6.45) is 5.39. The molecule has 2 aliphatic rings.